The lowest BCUT2D eigenvalue weighted by atomic mass is 10.3. The molecule has 1 N–H and O–H groups in total. The zero-order valence-corrected chi connectivity index (χ0v) is 18.6. The molecular weight excluding hydrogens is 454 g/mol. The van der Waals surface area contributed by atoms with Crippen molar-refractivity contribution in [1.82, 2.24) is 19.7 Å². The number of nitrogens with one attached hydrogen (secondary N) is 1. The number of ether oxygens (including phenoxy) is 2. The summed E-state index contributed by atoms with van der Waals surface area (Å²) in [6.07, 6.45) is 3.47. The van der Waals surface area contributed by atoms with Crippen LogP contribution in [-0.4, -0.2) is 35.3 Å². The third kappa shape index (κ3) is 4.66. The number of imidazole rings is 1. The molecule has 4 rings (SSSR count). The Bertz CT molecular complexity index is 1340. The summed E-state index contributed by atoms with van der Waals surface area (Å²) in [7, 11) is -2.37. The molecule has 0 saturated heterocycles. The van der Waals surface area contributed by atoms with Crippen molar-refractivity contribution in [2.45, 2.75) is 11.8 Å². The van der Waals surface area contributed by atoms with Gasteiger partial charge in [-0.05, 0) is 55.5 Å². The van der Waals surface area contributed by atoms with Gasteiger partial charge in [0.05, 0.1) is 17.0 Å². The van der Waals surface area contributed by atoms with E-state index in [1.807, 2.05) is 6.92 Å². The Hall–Kier alpha value is -3.63. The molecule has 0 bridgehead atoms. The monoisotopic (exact) mass is 471 g/mol. The average molecular weight is 472 g/mol. The molecule has 0 aliphatic carbocycles. The predicted octanol–water partition coefficient (Wildman–Crippen LogP) is 4.23. The van der Waals surface area contributed by atoms with E-state index in [1.54, 1.807) is 53.4 Å². The van der Waals surface area contributed by atoms with Crippen molar-refractivity contribution in [3.05, 3.63) is 77.8 Å². The molecule has 0 spiro atoms. The Morgan fingerprint density at radius 3 is 2.41 bits per heavy atom. The van der Waals surface area contributed by atoms with E-state index in [0.29, 0.717) is 28.9 Å². The first-order chi connectivity index (χ1) is 15.4. The standard InChI is InChI=1S/C21H18ClN5O4S/c1-14-23-11-12-27(14)20-9-10-21(25-24-20)31-16-5-3-15(4-6-16)26-32(28,29)17-7-8-19(30-2)18(22)13-17/h3-13,26H,1-2H3. The van der Waals surface area contributed by atoms with Gasteiger partial charge in [-0.1, -0.05) is 11.6 Å². The fourth-order valence-corrected chi connectivity index (χ4v) is 4.26. The minimum atomic E-state index is -3.82. The van der Waals surface area contributed by atoms with Crippen molar-refractivity contribution in [2.24, 2.45) is 0 Å². The quantitative estimate of drug-likeness (QED) is 0.429. The molecule has 0 atom stereocenters. The maximum Gasteiger partial charge on any atom is 0.261 e. The molecule has 2 aromatic heterocycles. The summed E-state index contributed by atoms with van der Waals surface area (Å²) in [5.41, 5.74) is 0.362. The van der Waals surface area contributed by atoms with Gasteiger partial charge in [-0.15, -0.1) is 10.2 Å². The number of rotatable bonds is 7. The molecule has 4 aromatic rings. The Kier molecular flexibility index (Phi) is 5.97. The smallest absolute Gasteiger partial charge is 0.261 e. The van der Waals surface area contributed by atoms with E-state index in [0.717, 1.165) is 5.82 Å². The maximum absolute atomic E-state index is 12.6. The van der Waals surface area contributed by atoms with Crippen molar-refractivity contribution in [1.29, 1.82) is 0 Å². The third-order valence-electron chi connectivity index (χ3n) is 4.46. The molecule has 164 valence electrons. The van der Waals surface area contributed by atoms with Crippen LogP contribution in [-0.2, 0) is 10.0 Å². The third-order valence-corrected chi connectivity index (χ3v) is 6.14. The number of hydrogen-bond acceptors (Lipinski definition) is 7. The molecule has 0 saturated carbocycles. The zero-order chi connectivity index (χ0) is 22.7. The van der Waals surface area contributed by atoms with E-state index in [2.05, 4.69) is 19.9 Å². The molecule has 0 aliphatic rings. The van der Waals surface area contributed by atoms with Crippen LogP contribution in [0.5, 0.6) is 17.4 Å². The summed E-state index contributed by atoms with van der Waals surface area (Å²) < 4.78 is 40.3. The second-order valence-corrected chi connectivity index (χ2v) is 8.69. The number of hydrogen-bond donors (Lipinski definition) is 1. The molecule has 0 amide bonds. The highest BCUT2D eigenvalue weighted by molar-refractivity contribution is 7.92. The number of nitrogens with zero attached hydrogens (tertiary/aromatic N) is 4. The fourth-order valence-electron chi connectivity index (χ4n) is 2.86. The summed E-state index contributed by atoms with van der Waals surface area (Å²) in [5, 5.41) is 8.40. The number of aryl methyl sites for hydroxylation is 1. The summed E-state index contributed by atoms with van der Waals surface area (Å²) in [4.78, 5) is 4.17. The molecule has 2 heterocycles. The van der Waals surface area contributed by atoms with E-state index < -0.39 is 10.0 Å². The van der Waals surface area contributed by atoms with E-state index in [4.69, 9.17) is 21.1 Å². The molecule has 0 unspecified atom stereocenters. The van der Waals surface area contributed by atoms with Gasteiger partial charge in [-0.2, -0.15) is 0 Å². The minimum Gasteiger partial charge on any atom is -0.495 e. The number of anilines is 1. The largest absolute Gasteiger partial charge is 0.495 e. The number of benzene rings is 2. The van der Waals surface area contributed by atoms with Crippen molar-refractivity contribution in [2.75, 3.05) is 11.8 Å². The van der Waals surface area contributed by atoms with Crippen LogP contribution in [0.25, 0.3) is 5.82 Å². The molecule has 9 nitrogen and oxygen atoms in total. The van der Waals surface area contributed by atoms with Crippen LogP contribution in [0.1, 0.15) is 5.82 Å². The average Bonchev–Trinajstić information content (AvgIpc) is 3.21. The number of methoxy groups -OCH3 is 1. The van der Waals surface area contributed by atoms with E-state index in [-0.39, 0.29) is 9.92 Å². The lowest BCUT2D eigenvalue weighted by Gasteiger charge is -2.11. The highest BCUT2D eigenvalue weighted by Crippen LogP contribution is 2.28. The SMILES string of the molecule is COc1ccc(S(=O)(=O)Nc2ccc(Oc3ccc(-n4ccnc4C)nn3)cc2)cc1Cl. The van der Waals surface area contributed by atoms with Crippen LogP contribution < -0.4 is 14.2 Å². The Morgan fingerprint density at radius 2 is 1.81 bits per heavy atom. The van der Waals surface area contributed by atoms with Gasteiger partial charge in [0.15, 0.2) is 5.82 Å². The Labute approximate surface area is 189 Å². The van der Waals surface area contributed by atoms with Gasteiger partial charge in [0.2, 0.25) is 5.88 Å². The summed E-state index contributed by atoms with van der Waals surface area (Å²) >= 11 is 6.03. The first-order valence-corrected chi connectivity index (χ1v) is 11.2. The normalized spacial score (nSPS) is 11.2. The Morgan fingerprint density at radius 1 is 1.03 bits per heavy atom. The number of aromatic nitrogens is 4. The van der Waals surface area contributed by atoms with Crippen LogP contribution in [0.4, 0.5) is 5.69 Å². The topological polar surface area (TPSA) is 108 Å². The van der Waals surface area contributed by atoms with Crippen molar-refractivity contribution in [3.8, 4) is 23.2 Å². The van der Waals surface area contributed by atoms with Gasteiger partial charge < -0.3 is 9.47 Å². The number of sulfonamides is 1. The van der Waals surface area contributed by atoms with Gasteiger partial charge in [0.25, 0.3) is 10.0 Å². The van der Waals surface area contributed by atoms with Crippen molar-refractivity contribution in [3.63, 3.8) is 0 Å². The molecule has 32 heavy (non-hydrogen) atoms. The van der Waals surface area contributed by atoms with Gasteiger partial charge >= 0.3 is 0 Å². The molecule has 2 aromatic carbocycles. The molecule has 11 heteroatoms. The fraction of sp³-hybridized carbons (Fsp3) is 0.0952. The second kappa shape index (κ2) is 8.85. The van der Waals surface area contributed by atoms with E-state index in [9.17, 15) is 8.42 Å². The van der Waals surface area contributed by atoms with Crippen LogP contribution >= 0.6 is 11.6 Å². The molecule has 0 fully saturated rings. The molecular formula is C21H18ClN5O4S. The Balaban J connectivity index is 1.44. The minimum absolute atomic E-state index is 0.0205. The maximum atomic E-state index is 12.6. The van der Waals surface area contributed by atoms with Crippen molar-refractivity contribution < 1.29 is 17.9 Å². The summed E-state index contributed by atoms with van der Waals surface area (Å²) in [6.45, 7) is 1.87. The van der Waals surface area contributed by atoms with Gasteiger partial charge in [0, 0.05) is 24.1 Å². The van der Waals surface area contributed by atoms with E-state index >= 15 is 0 Å². The first-order valence-electron chi connectivity index (χ1n) is 9.34. The predicted molar refractivity (Wildman–Crippen MR) is 119 cm³/mol. The lowest BCUT2D eigenvalue weighted by molar-refractivity contribution is 0.414. The van der Waals surface area contributed by atoms with Crippen LogP contribution in [0.3, 0.4) is 0 Å². The second-order valence-electron chi connectivity index (χ2n) is 6.60. The summed E-state index contributed by atoms with van der Waals surface area (Å²) in [5.74, 6) is 2.58. The van der Waals surface area contributed by atoms with Gasteiger partial charge in [0.1, 0.15) is 17.3 Å². The first kappa shape index (κ1) is 21.6. The zero-order valence-electron chi connectivity index (χ0n) is 17.1. The molecule has 0 radical (unpaired) electrons. The lowest BCUT2D eigenvalue weighted by Crippen LogP contribution is -2.12. The van der Waals surface area contributed by atoms with Crippen LogP contribution in [0.2, 0.25) is 5.02 Å². The van der Waals surface area contributed by atoms with E-state index in [1.165, 1.54) is 25.3 Å². The number of halogens is 1. The highest BCUT2D eigenvalue weighted by Gasteiger charge is 2.16. The van der Waals surface area contributed by atoms with Crippen LogP contribution in [0, 0.1) is 6.92 Å². The molecule has 0 aliphatic heterocycles. The summed E-state index contributed by atoms with van der Waals surface area (Å²) in [6, 6.07) is 14.1. The van der Waals surface area contributed by atoms with Crippen LogP contribution in [0.15, 0.2) is 71.9 Å². The van der Waals surface area contributed by atoms with Crippen molar-refractivity contribution >= 4 is 27.3 Å². The van der Waals surface area contributed by atoms with Gasteiger partial charge in [-0.25, -0.2) is 13.4 Å². The van der Waals surface area contributed by atoms with Gasteiger partial charge in [-0.3, -0.25) is 9.29 Å². The highest BCUT2D eigenvalue weighted by atomic mass is 35.5.